The van der Waals surface area contributed by atoms with Crippen molar-refractivity contribution in [2.75, 3.05) is 12.8 Å². The molecule has 0 saturated heterocycles. The Morgan fingerprint density at radius 1 is 1.22 bits per heavy atom. The summed E-state index contributed by atoms with van der Waals surface area (Å²) in [4.78, 5) is 6.53. The maximum absolute atomic E-state index is 5.83. The molecule has 2 aromatic rings. The van der Waals surface area contributed by atoms with Gasteiger partial charge in [-0.05, 0) is 42.9 Å². The third-order valence-electron chi connectivity index (χ3n) is 2.59. The number of rotatable bonds is 4. The predicted octanol–water partition coefficient (Wildman–Crippen LogP) is 3.06. The standard InChI is InChI=1S/C14H16BrN3/c1-18(10-14-4-2-3-5-17-14)9-11-6-12(15)8-13(16)7-11/h2-8H,9-10,16H2,1H3. The lowest BCUT2D eigenvalue weighted by Crippen LogP contribution is -2.18. The summed E-state index contributed by atoms with van der Waals surface area (Å²) in [6.45, 7) is 1.67. The van der Waals surface area contributed by atoms with Gasteiger partial charge < -0.3 is 5.73 Å². The van der Waals surface area contributed by atoms with E-state index in [4.69, 9.17) is 5.73 Å². The van der Waals surface area contributed by atoms with Gasteiger partial charge in [0.2, 0.25) is 0 Å². The van der Waals surface area contributed by atoms with Crippen molar-refractivity contribution in [2.45, 2.75) is 13.1 Å². The van der Waals surface area contributed by atoms with Crippen LogP contribution in [0.15, 0.2) is 47.1 Å². The molecule has 0 unspecified atom stereocenters. The average molecular weight is 306 g/mol. The molecule has 0 radical (unpaired) electrons. The monoisotopic (exact) mass is 305 g/mol. The second kappa shape index (κ2) is 5.98. The summed E-state index contributed by atoms with van der Waals surface area (Å²) in [5.74, 6) is 0. The molecule has 1 heterocycles. The van der Waals surface area contributed by atoms with Gasteiger partial charge in [0.15, 0.2) is 0 Å². The van der Waals surface area contributed by atoms with E-state index < -0.39 is 0 Å². The molecule has 4 heteroatoms. The Kier molecular flexibility index (Phi) is 4.33. The van der Waals surface area contributed by atoms with E-state index in [0.717, 1.165) is 28.9 Å². The Hall–Kier alpha value is -1.39. The van der Waals surface area contributed by atoms with Crippen LogP contribution in [0.1, 0.15) is 11.3 Å². The van der Waals surface area contributed by atoms with Crippen LogP contribution in [0.5, 0.6) is 0 Å². The van der Waals surface area contributed by atoms with Gasteiger partial charge in [-0.1, -0.05) is 22.0 Å². The maximum atomic E-state index is 5.83. The van der Waals surface area contributed by atoms with Crippen LogP contribution in [-0.2, 0) is 13.1 Å². The van der Waals surface area contributed by atoms with Crippen LogP contribution >= 0.6 is 15.9 Å². The maximum Gasteiger partial charge on any atom is 0.0543 e. The highest BCUT2D eigenvalue weighted by Gasteiger charge is 2.04. The number of halogens is 1. The minimum Gasteiger partial charge on any atom is -0.399 e. The van der Waals surface area contributed by atoms with Gasteiger partial charge in [-0.2, -0.15) is 0 Å². The van der Waals surface area contributed by atoms with Crippen molar-refractivity contribution in [3.05, 3.63) is 58.3 Å². The van der Waals surface area contributed by atoms with E-state index in [9.17, 15) is 0 Å². The van der Waals surface area contributed by atoms with Crippen LogP contribution < -0.4 is 5.73 Å². The van der Waals surface area contributed by atoms with Gasteiger partial charge in [-0.15, -0.1) is 0 Å². The number of benzene rings is 1. The zero-order valence-corrected chi connectivity index (χ0v) is 11.9. The Morgan fingerprint density at radius 2 is 2.06 bits per heavy atom. The number of hydrogen-bond donors (Lipinski definition) is 1. The first-order valence-corrected chi connectivity index (χ1v) is 6.56. The third-order valence-corrected chi connectivity index (χ3v) is 3.05. The molecule has 18 heavy (non-hydrogen) atoms. The summed E-state index contributed by atoms with van der Waals surface area (Å²) in [5, 5.41) is 0. The largest absolute Gasteiger partial charge is 0.399 e. The molecule has 0 fully saturated rings. The quantitative estimate of drug-likeness (QED) is 0.883. The molecule has 3 nitrogen and oxygen atoms in total. The Balaban J connectivity index is 2.01. The summed E-state index contributed by atoms with van der Waals surface area (Å²) in [5.41, 5.74) is 8.88. The fourth-order valence-electron chi connectivity index (χ4n) is 1.90. The van der Waals surface area contributed by atoms with Gasteiger partial charge in [0, 0.05) is 29.4 Å². The molecule has 0 amide bonds. The number of aromatic nitrogens is 1. The molecule has 0 saturated carbocycles. The van der Waals surface area contributed by atoms with Gasteiger partial charge in [0.1, 0.15) is 0 Å². The van der Waals surface area contributed by atoms with Crippen LogP contribution in [-0.4, -0.2) is 16.9 Å². The van der Waals surface area contributed by atoms with Crippen LogP contribution in [0.25, 0.3) is 0 Å². The number of nitrogen functional groups attached to an aromatic ring is 1. The molecule has 0 bridgehead atoms. The van der Waals surface area contributed by atoms with Gasteiger partial charge in [0.25, 0.3) is 0 Å². The molecule has 2 rings (SSSR count). The summed E-state index contributed by atoms with van der Waals surface area (Å²) >= 11 is 3.46. The van der Waals surface area contributed by atoms with Crippen LogP contribution in [0.4, 0.5) is 5.69 Å². The lowest BCUT2D eigenvalue weighted by molar-refractivity contribution is 0.315. The van der Waals surface area contributed by atoms with Crippen LogP contribution in [0.3, 0.4) is 0 Å². The number of pyridine rings is 1. The molecule has 0 aliphatic rings. The molecule has 1 aromatic heterocycles. The average Bonchev–Trinajstić information content (AvgIpc) is 2.28. The highest BCUT2D eigenvalue weighted by atomic mass is 79.9. The van der Waals surface area contributed by atoms with Gasteiger partial charge in [-0.25, -0.2) is 0 Å². The Labute approximate surface area is 116 Å². The Bertz CT molecular complexity index is 493. The molecule has 1 aromatic carbocycles. The second-order valence-corrected chi connectivity index (χ2v) is 5.30. The molecular formula is C14H16BrN3. The molecular weight excluding hydrogens is 290 g/mol. The van der Waals surface area contributed by atoms with Crippen molar-refractivity contribution in [3.8, 4) is 0 Å². The lowest BCUT2D eigenvalue weighted by Gasteiger charge is -2.16. The Morgan fingerprint density at radius 3 is 2.72 bits per heavy atom. The number of anilines is 1. The fraction of sp³-hybridized carbons (Fsp3) is 0.214. The minimum atomic E-state index is 0.783. The molecule has 94 valence electrons. The highest BCUT2D eigenvalue weighted by Crippen LogP contribution is 2.18. The van der Waals surface area contributed by atoms with E-state index in [1.54, 1.807) is 0 Å². The SMILES string of the molecule is CN(Cc1cc(N)cc(Br)c1)Cc1ccccn1. The van der Waals surface area contributed by atoms with E-state index in [1.807, 2.05) is 36.5 Å². The normalized spacial score (nSPS) is 10.8. The smallest absolute Gasteiger partial charge is 0.0543 e. The lowest BCUT2D eigenvalue weighted by atomic mass is 10.2. The van der Waals surface area contributed by atoms with Gasteiger partial charge in [-0.3, -0.25) is 9.88 Å². The van der Waals surface area contributed by atoms with E-state index in [1.165, 1.54) is 5.56 Å². The molecule has 2 N–H and O–H groups in total. The first kappa shape index (κ1) is 13.1. The van der Waals surface area contributed by atoms with Crippen molar-refractivity contribution in [2.24, 2.45) is 0 Å². The summed E-state index contributed by atoms with van der Waals surface area (Å²) < 4.78 is 1.02. The first-order valence-electron chi connectivity index (χ1n) is 5.77. The zero-order valence-electron chi connectivity index (χ0n) is 10.3. The molecule has 0 aliphatic heterocycles. The van der Waals surface area contributed by atoms with Crippen molar-refractivity contribution in [1.82, 2.24) is 9.88 Å². The van der Waals surface area contributed by atoms with Crippen molar-refractivity contribution in [3.63, 3.8) is 0 Å². The van der Waals surface area contributed by atoms with E-state index in [-0.39, 0.29) is 0 Å². The first-order chi connectivity index (χ1) is 8.63. The van der Waals surface area contributed by atoms with Crippen LogP contribution in [0, 0.1) is 0 Å². The van der Waals surface area contributed by atoms with E-state index >= 15 is 0 Å². The van der Waals surface area contributed by atoms with Crippen molar-refractivity contribution in [1.29, 1.82) is 0 Å². The van der Waals surface area contributed by atoms with Crippen LogP contribution in [0.2, 0.25) is 0 Å². The summed E-state index contributed by atoms with van der Waals surface area (Å²) in [6.07, 6.45) is 1.82. The molecule has 0 aliphatic carbocycles. The number of nitrogens with zero attached hydrogens (tertiary/aromatic N) is 2. The number of hydrogen-bond acceptors (Lipinski definition) is 3. The third kappa shape index (κ3) is 3.82. The molecule has 0 spiro atoms. The zero-order chi connectivity index (χ0) is 13.0. The predicted molar refractivity (Wildman–Crippen MR) is 78.0 cm³/mol. The van der Waals surface area contributed by atoms with E-state index in [2.05, 4.69) is 38.9 Å². The van der Waals surface area contributed by atoms with Gasteiger partial charge in [0.05, 0.1) is 5.69 Å². The van der Waals surface area contributed by atoms with E-state index in [0.29, 0.717) is 0 Å². The van der Waals surface area contributed by atoms with Crippen molar-refractivity contribution < 1.29 is 0 Å². The van der Waals surface area contributed by atoms with Crippen molar-refractivity contribution >= 4 is 21.6 Å². The fourth-order valence-corrected chi connectivity index (χ4v) is 2.46. The topological polar surface area (TPSA) is 42.1 Å². The summed E-state index contributed by atoms with van der Waals surface area (Å²) in [6, 6.07) is 12.0. The summed E-state index contributed by atoms with van der Waals surface area (Å²) in [7, 11) is 2.08. The minimum absolute atomic E-state index is 0.783. The number of nitrogens with two attached hydrogens (primary N) is 1. The highest BCUT2D eigenvalue weighted by molar-refractivity contribution is 9.10. The van der Waals surface area contributed by atoms with Gasteiger partial charge >= 0.3 is 0 Å². The molecule has 0 atom stereocenters. The second-order valence-electron chi connectivity index (χ2n) is 4.39.